The molecule has 42 heavy (non-hydrogen) atoms. The van der Waals surface area contributed by atoms with Crippen molar-refractivity contribution in [2.75, 3.05) is 6.61 Å². The van der Waals surface area contributed by atoms with Crippen LogP contribution in [0.2, 0.25) is 25.7 Å². The second kappa shape index (κ2) is 16.0. The fourth-order valence-corrected chi connectivity index (χ4v) is 5.27. The lowest BCUT2D eigenvalue weighted by atomic mass is 9.99. The van der Waals surface area contributed by atoms with Gasteiger partial charge in [-0.3, -0.25) is 14.4 Å². The molecule has 0 bridgehead atoms. The van der Waals surface area contributed by atoms with E-state index in [1.165, 1.54) is 0 Å². The third kappa shape index (κ3) is 11.7. The van der Waals surface area contributed by atoms with Crippen LogP contribution in [0.1, 0.15) is 51.8 Å². The number of nitrogens with two attached hydrogens (primary N) is 2. The topological polar surface area (TPSA) is 154 Å². The Kier molecular flexibility index (Phi) is 13.4. The highest BCUT2D eigenvalue weighted by molar-refractivity contribution is 6.76. The molecule has 3 atom stereocenters. The van der Waals surface area contributed by atoms with Gasteiger partial charge in [0.05, 0.1) is 18.1 Å². The lowest BCUT2D eigenvalue weighted by Crippen LogP contribution is -2.56. The van der Waals surface area contributed by atoms with Gasteiger partial charge in [0.2, 0.25) is 17.7 Å². The number of amides is 3. The summed E-state index contributed by atoms with van der Waals surface area (Å²) in [6.07, 6.45) is 2.93. The van der Waals surface area contributed by atoms with Gasteiger partial charge in [-0.1, -0.05) is 71.6 Å². The van der Waals surface area contributed by atoms with Crippen LogP contribution in [0.5, 0.6) is 0 Å². The summed E-state index contributed by atoms with van der Waals surface area (Å²) in [7, 11) is -1.13. The summed E-state index contributed by atoms with van der Waals surface area (Å²) >= 11 is 0. The van der Waals surface area contributed by atoms with E-state index in [4.69, 9.17) is 16.2 Å². The number of carbonyl (C=O) groups excluding carboxylic acids is 3. The molecule has 234 valence electrons. The van der Waals surface area contributed by atoms with Crippen LogP contribution in [-0.4, -0.2) is 60.1 Å². The number of ether oxygens (including phenoxy) is 1. The van der Waals surface area contributed by atoms with Crippen LogP contribution in [0.3, 0.4) is 0 Å². The van der Waals surface area contributed by atoms with Crippen molar-refractivity contribution in [3.8, 4) is 11.3 Å². The van der Waals surface area contributed by atoms with Crippen LogP contribution in [0.15, 0.2) is 30.6 Å². The average Bonchev–Trinajstić information content (AvgIpc) is 3.24. The van der Waals surface area contributed by atoms with Gasteiger partial charge in [-0.05, 0) is 49.6 Å². The average molecular weight is 601 g/mol. The maximum atomic E-state index is 13.0. The maximum Gasteiger partial charge on any atom is 0.243 e. The van der Waals surface area contributed by atoms with Gasteiger partial charge in [-0.2, -0.15) is 0 Å². The molecule has 1 aromatic heterocycles. The number of rotatable bonds is 17. The lowest BCUT2D eigenvalue weighted by Gasteiger charge is -2.25. The molecule has 3 amide bonds. The number of hydrogen-bond acceptors (Lipinski definition) is 6. The standard InChI is InChI=1S/C31H52N6O4Si/c1-20(2)15-26(29(33)38)35-31(40)27(16-21(3)4)36-30(39)25(32)17-23-9-11-24(12-10-23)28-22(5)37(18-34-28)19-41-13-14-42(6,7)8/h9-12,18,20-21,25-27H,13-17,19,32H2,1-8H3,(H2,33,38)(H,35,40)(H,36,39)/t25-,26-,27-/m0/s1. The van der Waals surface area contributed by atoms with Crippen molar-refractivity contribution in [1.29, 1.82) is 0 Å². The normalized spacial score (nSPS) is 14.1. The molecule has 1 heterocycles. The van der Waals surface area contributed by atoms with Crippen LogP contribution < -0.4 is 22.1 Å². The van der Waals surface area contributed by atoms with Crippen molar-refractivity contribution < 1.29 is 19.1 Å². The minimum absolute atomic E-state index is 0.130. The molecule has 6 N–H and O–H groups in total. The molecule has 11 heteroatoms. The molecule has 1 aromatic carbocycles. The second-order valence-corrected chi connectivity index (χ2v) is 18.9. The molecular formula is C31H52N6O4Si. The lowest BCUT2D eigenvalue weighted by molar-refractivity contribution is -0.132. The Balaban J connectivity index is 2.00. The minimum Gasteiger partial charge on any atom is -0.368 e. The molecule has 0 spiro atoms. The maximum absolute atomic E-state index is 13.0. The summed E-state index contributed by atoms with van der Waals surface area (Å²) in [6.45, 7) is 18.1. The fraction of sp³-hybridized carbons (Fsp3) is 0.613. The highest BCUT2D eigenvalue weighted by Gasteiger charge is 2.28. The van der Waals surface area contributed by atoms with E-state index in [-0.39, 0.29) is 11.8 Å². The zero-order valence-electron chi connectivity index (χ0n) is 26.7. The monoisotopic (exact) mass is 600 g/mol. The number of nitrogens with one attached hydrogen (secondary N) is 2. The van der Waals surface area contributed by atoms with Crippen LogP contribution in [0, 0.1) is 18.8 Å². The highest BCUT2D eigenvalue weighted by Crippen LogP contribution is 2.23. The molecule has 0 saturated heterocycles. The number of nitrogens with zero attached hydrogens (tertiary/aromatic N) is 2. The summed E-state index contributed by atoms with van der Waals surface area (Å²) in [5.41, 5.74) is 15.5. The Morgan fingerprint density at radius 1 is 0.952 bits per heavy atom. The summed E-state index contributed by atoms with van der Waals surface area (Å²) in [6, 6.07) is 6.47. The summed E-state index contributed by atoms with van der Waals surface area (Å²) in [4.78, 5) is 42.5. The zero-order chi connectivity index (χ0) is 31.6. The number of primary amides is 1. The van der Waals surface area contributed by atoms with E-state index in [1.807, 2.05) is 63.5 Å². The molecule has 0 aliphatic carbocycles. The first kappa shape index (κ1) is 35.2. The van der Waals surface area contributed by atoms with E-state index in [2.05, 4.69) is 35.3 Å². The quantitative estimate of drug-likeness (QED) is 0.161. The Morgan fingerprint density at radius 2 is 1.52 bits per heavy atom. The summed E-state index contributed by atoms with van der Waals surface area (Å²) in [5.74, 6) is -1.17. The number of imidazole rings is 1. The van der Waals surface area contributed by atoms with E-state index in [9.17, 15) is 14.4 Å². The molecule has 0 unspecified atom stereocenters. The van der Waals surface area contributed by atoms with E-state index < -0.39 is 43.9 Å². The zero-order valence-corrected chi connectivity index (χ0v) is 27.7. The molecule has 0 radical (unpaired) electrons. The van der Waals surface area contributed by atoms with Gasteiger partial charge < -0.3 is 31.4 Å². The third-order valence-electron chi connectivity index (χ3n) is 7.05. The van der Waals surface area contributed by atoms with Crippen LogP contribution in [0.25, 0.3) is 11.3 Å². The van der Waals surface area contributed by atoms with Crippen LogP contribution in [-0.2, 0) is 32.3 Å². The fourth-order valence-electron chi connectivity index (χ4n) is 4.52. The molecule has 0 aliphatic heterocycles. The Bertz CT molecular complexity index is 1170. The van der Waals surface area contributed by atoms with Gasteiger partial charge in [-0.15, -0.1) is 0 Å². The van der Waals surface area contributed by atoms with Gasteiger partial charge >= 0.3 is 0 Å². The van der Waals surface area contributed by atoms with Gasteiger partial charge in [0.15, 0.2) is 0 Å². The van der Waals surface area contributed by atoms with Crippen LogP contribution in [0.4, 0.5) is 0 Å². The molecule has 10 nitrogen and oxygen atoms in total. The van der Waals surface area contributed by atoms with E-state index in [0.717, 1.165) is 35.2 Å². The number of benzene rings is 1. The van der Waals surface area contributed by atoms with Crippen molar-refractivity contribution in [3.05, 3.63) is 41.9 Å². The highest BCUT2D eigenvalue weighted by atomic mass is 28.3. The third-order valence-corrected chi connectivity index (χ3v) is 8.76. The van der Waals surface area contributed by atoms with Gasteiger partial charge in [0, 0.05) is 25.9 Å². The van der Waals surface area contributed by atoms with Gasteiger partial charge in [0.1, 0.15) is 18.8 Å². The van der Waals surface area contributed by atoms with Gasteiger partial charge in [0.25, 0.3) is 0 Å². The second-order valence-electron chi connectivity index (χ2n) is 13.3. The predicted molar refractivity (Wildman–Crippen MR) is 170 cm³/mol. The molecule has 2 rings (SSSR count). The Labute approximate surface area is 252 Å². The largest absolute Gasteiger partial charge is 0.368 e. The first-order chi connectivity index (χ1) is 19.6. The van der Waals surface area contributed by atoms with Gasteiger partial charge in [-0.25, -0.2) is 4.98 Å². The molecular weight excluding hydrogens is 548 g/mol. The first-order valence-corrected chi connectivity index (χ1v) is 18.6. The molecule has 0 saturated carbocycles. The SMILES string of the molecule is Cc1c(-c2ccc(C[C@H](N)C(=O)N[C@@H](CC(C)C)C(=O)N[C@@H](CC(C)C)C(N)=O)cc2)ncn1COCC[Si](C)(C)C. The van der Waals surface area contributed by atoms with Crippen molar-refractivity contribution in [3.63, 3.8) is 0 Å². The Hall–Kier alpha value is -3.02. The van der Waals surface area contributed by atoms with E-state index in [0.29, 0.717) is 26.0 Å². The van der Waals surface area contributed by atoms with Crippen molar-refractivity contribution >= 4 is 25.8 Å². The van der Waals surface area contributed by atoms with E-state index in [1.54, 1.807) is 6.33 Å². The van der Waals surface area contributed by atoms with Crippen LogP contribution >= 0.6 is 0 Å². The van der Waals surface area contributed by atoms with Crippen molar-refractivity contribution in [2.45, 2.75) is 104 Å². The molecule has 0 aliphatic rings. The Morgan fingerprint density at radius 3 is 2.07 bits per heavy atom. The number of aromatic nitrogens is 2. The smallest absolute Gasteiger partial charge is 0.243 e. The summed E-state index contributed by atoms with van der Waals surface area (Å²) in [5, 5.41) is 5.50. The predicted octanol–water partition coefficient (Wildman–Crippen LogP) is 3.59. The minimum atomic E-state index is -1.13. The molecule has 0 fully saturated rings. The van der Waals surface area contributed by atoms with Crippen molar-refractivity contribution in [2.24, 2.45) is 23.3 Å². The number of hydrogen-bond donors (Lipinski definition) is 4. The first-order valence-electron chi connectivity index (χ1n) is 14.9. The van der Waals surface area contributed by atoms with Crippen molar-refractivity contribution in [1.82, 2.24) is 20.2 Å². The van der Waals surface area contributed by atoms with E-state index >= 15 is 0 Å². The summed E-state index contributed by atoms with van der Waals surface area (Å²) < 4.78 is 7.88. The molecule has 2 aromatic rings. The number of carbonyl (C=O) groups is 3.